The van der Waals surface area contributed by atoms with E-state index in [2.05, 4.69) is 10.6 Å². The minimum atomic E-state index is -1.04. The quantitative estimate of drug-likeness (QED) is 0.666. The molecule has 0 aliphatic heterocycles. The molecule has 0 bridgehead atoms. The van der Waals surface area contributed by atoms with E-state index in [1.54, 1.807) is 31.2 Å². The number of benzene rings is 2. The van der Waals surface area contributed by atoms with Crippen LogP contribution in [-0.4, -0.2) is 28.9 Å². The number of nitrogens with one attached hydrogen (secondary N) is 2. The van der Waals surface area contributed by atoms with Crippen LogP contribution in [0.5, 0.6) is 0 Å². The van der Waals surface area contributed by atoms with Gasteiger partial charge in [-0.15, -0.1) is 0 Å². The number of carboxylic acids is 1. The van der Waals surface area contributed by atoms with E-state index >= 15 is 0 Å². The summed E-state index contributed by atoms with van der Waals surface area (Å²) in [7, 11) is 0. The lowest BCUT2D eigenvalue weighted by molar-refractivity contribution is -0.131. The Morgan fingerprint density at radius 1 is 1.04 bits per heavy atom. The highest BCUT2D eigenvalue weighted by atomic mass is 16.4. The maximum Gasteiger partial charge on any atom is 0.328 e. The highest BCUT2D eigenvalue weighted by Crippen LogP contribution is 2.07. The third-order valence-corrected chi connectivity index (χ3v) is 3.64. The molecule has 1 atom stereocenters. The highest BCUT2D eigenvalue weighted by Gasteiger charge is 2.16. The third kappa shape index (κ3) is 5.90. The van der Waals surface area contributed by atoms with E-state index in [-0.39, 0.29) is 11.8 Å². The average Bonchev–Trinajstić information content (AvgIpc) is 2.65. The molecule has 2 aromatic carbocycles. The van der Waals surface area contributed by atoms with Crippen molar-refractivity contribution in [3.63, 3.8) is 0 Å². The molecule has 0 fully saturated rings. The summed E-state index contributed by atoms with van der Waals surface area (Å²) in [6, 6.07) is 15.2. The van der Waals surface area contributed by atoms with Gasteiger partial charge in [0.25, 0.3) is 5.91 Å². The summed E-state index contributed by atoms with van der Waals surface area (Å²) in [5.74, 6) is -1.69. The first-order valence-corrected chi connectivity index (χ1v) is 8.09. The molecular formula is C20H20N2O4. The summed E-state index contributed by atoms with van der Waals surface area (Å²) in [6.07, 6.45) is 2.46. The molecule has 0 saturated carbocycles. The van der Waals surface area contributed by atoms with Gasteiger partial charge in [-0.1, -0.05) is 42.5 Å². The van der Waals surface area contributed by atoms with Gasteiger partial charge in [0.1, 0.15) is 6.04 Å². The molecule has 2 rings (SSSR count). The first-order chi connectivity index (χ1) is 12.5. The average molecular weight is 352 g/mol. The molecule has 0 aliphatic rings. The van der Waals surface area contributed by atoms with E-state index in [0.717, 1.165) is 11.6 Å². The van der Waals surface area contributed by atoms with Crippen molar-refractivity contribution < 1.29 is 19.5 Å². The lowest BCUT2D eigenvalue weighted by Gasteiger charge is -2.14. The van der Waals surface area contributed by atoms with Gasteiger partial charge in [0.15, 0.2) is 0 Å². The van der Waals surface area contributed by atoms with Crippen LogP contribution >= 0.6 is 0 Å². The summed E-state index contributed by atoms with van der Waals surface area (Å²) < 4.78 is 0. The second kappa shape index (κ2) is 9.17. The Labute approximate surface area is 151 Å². The van der Waals surface area contributed by atoms with Gasteiger partial charge in [-0.2, -0.15) is 0 Å². The van der Waals surface area contributed by atoms with Crippen molar-refractivity contribution in [1.29, 1.82) is 0 Å². The fraction of sp³-hybridized carbons (Fsp3) is 0.150. The number of amides is 2. The fourth-order valence-electron chi connectivity index (χ4n) is 2.20. The van der Waals surface area contributed by atoms with Crippen molar-refractivity contribution in [2.45, 2.75) is 19.5 Å². The minimum absolute atomic E-state index is 0.275. The van der Waals surface area contributed by atoms with Gasteiger partial charge in [-0.25, -0.2) is 4.79 Å². The summed E-state index contributed by atoms with van der Waals surface area (Å²) in [5.41, 5.74) is 2.03. The fourth-order valence-corrected chi connectivity index (χ4v) is 2.20. The number of carbonyl (C=O) groups is 3. The molecule has 26 heavy (non-hydrogen) atoms. The normalized spacial score (nSPS) is 11.7. The van der Waals surface area contributed by atoms with Crippen LogP contribution in [0.4, 0.5) is 0 Å². The molecular weight excluding hydrogens is 332 g/mol. The molecule has 0 spiro atoms. The number of hydrogen-bond acceptors (Lipinski definition) is 3. The number of hydrogen-bond donors (Lipinski definition) is 3. The maximum atomic E-state index is 12.2. The van der Waals surface area contributed by atoms with Gasteiger partial charge in [0.05, 0.1) is 0 Å². The number of aliphatic carboxylic acids is 1. The van der Waals surface area contributed by atoms with Gasteiger partial charge in [-0.05, 0) is 36.3 Å². The van der Waals surface area contributed by atoms with Crippen molar-refractivity contribution in [1.82, 2.24) is 10.6 Å². The first-order valence-electron chi connectivity index (χ1n) is 8.09. The van der Waals surface area contributed by atoms with E-state index in [9.17, 15) is 14.4 Å². The van der Waals surface area contributed by atoms with E-state index in [4.69, 9.17) is 5.11 Å². The molecule has 3 N–H and O–H groups in total. The van der Waals surface area contributed by atoms with Gasteiger partial charge in [0, 0.05) is 18.2 Å². The van der Waals surface area contributed by atoms with Gasteiger partial charge >= 0.3 is 5.97 Å². The summed E-state index contributed by atoms with van der Waals surface area (Å²) in [6.45, 7) is 2.01. The molecule has 0 radical (unpaired) electrons. The molecule has 134 valence electrons. The predicted molar refractivity (Wildman–Crippen MR) is 98.3 cm³/mol. The number of carboxylic acid groups (broad SMARTS) is 1. The Kier molecular flexibility index (Phi) is 6.68. The third-order valence-electron chi connectivity index (χ3n) is 3.64. The summed E-state index contributed by atoms with van der Waals surface area (Å²) in [4.78, 5) is 34.8. The van der Waals surface area contributed by atoms with Crippen molar-refractivity contribution in [3.05, 3.63) is 77.4 Å². The van der Waals surface area contributed by atoms with Gasteiger partial charge < -0.3 is 15.7 Å². The Morgan fingerprint density at radius 2 is 1.69 bits per heavy atom. The van der Waals surface area contributed by atoms with Crippen LogP contribution in [0.2, 0.25) is 0 Å². The van der Waals surface area contributed by atoms with Crippen molar-refractivity contribution in [2.75, 3.05) is 0 Å². The zero-order chi connectivity index (χ0) is 18.9. The second-order valence-corrected chi connectivity index (χ2v) is 5.69. The Morgan fingerprint density at radius 3 is 2.31 bits per heavy atom. The Balaban J connectivity index is 1.87. The Hall–Kier alpha value is -3.41. The smallest absolute Gasteiger partial charge is 0.328 e. The zero-order valence-electron chi connectivity index (χ0n) is 14.3. The molecule has 1 unspecified atom stereocenters. The summed E-state index contributed by atoms with van der Waals surface area (Å²) in [5, 5.41) is 14.0. The van der Waals surface area contributed by atoms with E-state index in [1.165, 1.54) is 6.08 Å². The summed E-state index contributed by atoms with van der Waals surface area (Å²) >= 11 is 0. The molecule has 2 aromatic rings. The minimum Gasteiger partial charge on any atom is -0.478 e. The Bertz CT molecular complexity index is 798. The largest absolute Gasteiger partial charge is 0.478 e. The van der Waals surface area contributed by atoms with Crippen molar-refractivity contribution in [3.8, 4) is 0 Å². The number of carbonyl (C=O) groups excluding carboxylic acids is 2. The SMILES string of the molecule is CC(NC(=O)c1ccc(/C=C/C(=O)O)cc1)C(=O)NCc1ccccc1. The maximum absolute atomic E-state index is 12.2. The van der Waals surface area contributed by atoms with Crippen LogP contribution < -0.4 is 10.6 Å². The van der Waals surface area contributed by atoms with E-state index in [0.29, 0.717) is 17.7 Å². The van der Waals surface area contributed by atoms with Gasteiger partial charge in [-0.3, -0.25) is 9.59 Å². The number of rotatable bonds is 7. The van der Waals surface area contributed by atoms with Crippen LogP contribution in [0.3, 0.4) is 0 Å². The van der Waals surface area contributed by atoms with Gasteiger partial charge in [0.2, 0.25) is 5.91 Å². The second-order valence-electron chi connectivity index (χ2n) is 5.69. The molecule has 0 heterocycles. The zero-order valence-corrected chi connectivity index (χ0v) is 14.3. The first kappa shape index (κ1) is 18.9. The van der Waals surface area contributed by atoms with Crippen molar-refractivity contribution >= 4 is 23.9 Å². The molecule has 0 saturated heterocycles. The van der Waals surface area contributed by atoms with Crippen LogP contribution in [-0.2, 0) is 16.1 Å². The van der Waals surface area contributed by atoms with E-state index in [1.807, 2.05) is 30.3 Å². The molecule has 2 amide bonds. The van der Waals surface area contributed by atoms with Crippen LogP contribution in [0, 0.1) is 0 Å². The molecule has 6 nitrogen and oxygen atoms in total. The standard InChI is InChI=1S/C20H20N2O4/c1-14(19(25)21-13-16-5-3-2-4-6-16)22-20(26)17-10-7-15(8-11-17)9-12-18(23)24/h2-12,14H,13H2,1H3,(H,21,25)(H,22,26)(H,23,24)/b12-9+. The van der Waals surface area contributed by atoms with Crippen LogP contribution in [0.25, 0.3) is 6.08 Å². The van der Waals surface area contributed by atoms with Crippen LogP contribution in [0.1, 0.15) is 28.4 Å². The lowest BCUT2D eigenvalue weighted by Crippen LogP contribution is -2.44. The molecule has 0 aliphatic carbocycles. The highest BCUT2D eigenvalue weighted by molar-refractivity contribution is 5.97. The van der Waals surface area contributed by atoms with E-state index < -0.39 is 12.0 Å². The lowest BCUT2D eigenvalue weighted by atomic mass is 10.1. The molecule has 6 heteroatoms. The van der Waals surface area contributed by atoms with Crippen molar-refractivity contribution in [2.24, 2.45) is 0 Å². The molecule has 0 aromatic heterocycles. The topological polar surface area (TPSA) is 95.5 Å². The predicted octanol–water partition coefficient (Wildman–Crippen LogP) is 2.22. The van der Waals surface area contributed by atoms with Crippen LogP contribution in [0.15, 0.2) is 60.7 Å². The monoisotopic (exact) mass is 352 g/mol.